The van der Waals surface area contributed by atoms with Crippen molar-refractivity contribution >= 4 is 48.7 Å². The van der Waals surface area contributed by atoms with E-state index in [2.05, 4.69) is 46.6 Å². The zero-order valence-electron chi connectivity index (χ0n) is 13.0. The minimum atomic E-state index is -0.486. The first-order valence-electron chi connectivity index (χ1n) is 7.17. The molecule has 0 fully saturated rings. The molecule has 0 saturated heterocycles. The molecule has 1 N–H and O–H groups in total. The molecule has 8 heteroatoms. The zero-order valence-corrected chi connectivity index (χ0v) is 16.2. The van der Waals surface area contributed by atoms with E-state index in [0.29, 0.717) is 28.0 Å². The summed E-state index contributed by atoms with van der Waals surface area (Å²) in [5, 5.41) is 0.390. The maximum absolute atomic E-state index is 12.2. The van der Waals surface area contributed by atoms with E-state index >= 15 is 0 Å². The van der Waals surface area contributed by atoms with Crippen LogP contribution >= 0.6 is 31.9 Å². The van der Waals surface area contributed by atoms with Crippen molar-refractivity contribution in [2.24, 2.45) is 0 Å². The molecule has 0 aliphatic heterocycles. The Kier molecular flexibility index (Phi) is 5.19. The van der Waals surface area contributed by atoms with Crippen molar-refractivity contribution in [3.8, 4) is 5.75 Å². The molecule has 3 rings (SSSR count). The van der Waals surface area contributed by atoms with Crippen molar-refractivity contribution in [3.63, 3.8) is 0 Å². The summed E-state index contributed by atoms with van der Waals surface area (Å²) in [7, 11) is 1.30. The molecule has 0 unspecified atom stereocenters. The molecule has 128 valence electrons. The summed E-state index contributed by atoms with van der Waals surface area (Å²) >= 11 is 6.78. The SMILES string of the molecule is COC(=O)c1ccc2c(=O)[nH]c(COc3ccc(Br)cc3Br)nc2c1. The number of carbonyl (C=O) groups is 1. The molecule has 0 saturated carbocycles. The van der Waals surface area contributed by atoms with Crippen molar-refractivity contribution in [3.05, 3.63) is 67.1 Å². The molecular weight excluding hydrogens is 456 g/mol. The standard InChI is InChI=1S/C17H12Br2N2O4/c1-24-17(23)9-2-4-11-13(6-9)20-15(21-16(11)22)8-25-14-5-3-10(18)7-12(14)19/h2-7H,8H2,1H3,(H,20,21,22). The maximum Gasteiger partial charge on any atom is 0.337 e. The fourth-order valence-electron chi connectivity index (χ4n) is 2.24. The second-order valence-corrected chi connectivity index (χ2v) is 6.87. The molecule has 0 spiro atoms. The van der Waals surface area contributed by atoms with Gasteiger partial charge in [0.1, 0.15) is 18.2 Å². The fourth-order valence-corrected chi connectivity index (χ4v) is 3.40. The van der Waals surface area contributed by atoms with Gasteiger partial charge in [0.25, 0.3) is 5.56 Å². The Morgan fingerprint density at radius 2 is 2.00 bits per heavy atom. The lowest BCUT2D eigenvalue weighted by molar-refractivity contribution is 0.0601. The van der Waals surface area contributed by atoms with Crippen molar-refractivity contribution in [1.82, 2.24) is 9.97 Å². The number of carbonyl (C=O) groups excluding carboxylic acids is 1. The minimum absolute atomic E-state index is 0.0772. The summed E-state index contributed by atoms with van der Waals surface area (Å²) in [5.41, 5.74) is 0.436. The summed E-state index contributed by atoms with van der Waals surface area (Å²) in [5.74, 6) is 0.490. The van der Waals surface area contributed by atoms with Crippen LogP contribution in [0.25, 0.3) is 10.9 Å². The number of hydrogen-bond donors (Lipinski definition) is 1. The number of aromatic amines is 1. The first-order valence-corrected chi connectivity index (χ1v) is 8.75. The van der Waals surface area contributed by atoms with Gasteiger partial charge < -0.3 is 14.5 Å². The fraction of sp³-hybridized carbons (Fsp3) is 0.118. The van der Waals surface area contributed by atoms with Crippen LogP contribution in [0.4, 0.5) is 0 Å². The Morgan fingerprint density at radius 1 is 1.20 bits per heavy atom. The molecule has 0 atom stereocenters. The molecule has 0 radical (unpaired) electrons. The summed E-state index contributed by atoms with van der Waals surface area (Å²) in [6.45, 7) is 0.0772. The highest BCUT2D eigenvalue weighted by atomic mass is 79.9. The summed E-state index contributed by atoms with van der Waals surface area (Å²) in [4.78, 5) is 30.9. The number of halogens is 2. The van der Waals surface area contributed by atoms with Gasteiger partial charge in [-0.3, -0.25) is 4.79 Å². The summed E-state index contributed by atoms with van der Waals surface area (Å²) in [6.07, 6.45) is 0. The highest BCUT2D eigenvalue weighted by Crippen LogP contribution is 2.28. The largest absolute Gasteiger partial charge is 0.485 e. The van der Waals surface area contributed by atoms with Crippen molar-refractivity contribution in [1.29, 1.82) is 0 Å². The van der Waals surface area contributed by atoms with E-state index in [-0.39, 0.29) is 12.2 Å². The van der Waals surface area contributed by atoms with Crippen LogP contribution in [-0.4, -0.2) is 23.0 Å². The molecule has 1 heterocycles. The van der Waals surface area contributed by atoms with Crippen LogP contribution in [-0.2, 0) is 11.3 Å². The summed E-state index contributed by atoms with van der Waals surface area (Å²) < 4.78 is 12.1. The van der Waals surface area contributed by atoms with Gasteiger partial charge in [-0.05, 0) is 52.3 Å². The van der Waals surface area contributed by atoms with E-state index in [9.17, 15) is 9.59 Å². The van der Waals surface area contributed by atoms with Gasteiger partial charge in [0.15, 0.2) is 0 Å². The number of benzene rings is 2. The lowest BCUT2D eigenvalue weighted by Crippen LogP contribution is -2.14. The molecule has 0 aliphatic carbocycles. The Bertz CT molecular complexity index is 1020. The number of hydrogen-bond acceptors (Lipinski definition) is 5. The van der Waals surface area contributed by atoms with E-state index in [1.54, 1.807) is 12.1 Å². The van der Waals surface area contributed by atoms with Gasteiger partial charge in [0, 0.05) is 4.47 Å². The number of ether oxygens (including phenoxy) is 2. The predicted octanol–water partition coefficient (Wildman–Crippen LogP) is 3.81. The first kappa shape index (κ1) is 17.6. The van der Waals surface area contributed by atoms with Gasteiger partial charge >= 0.3 is 5.97 Å². The quantitative estimate of drug-likeness (QED) is 0.590. The molecule has 25 heavy (non-hydrogen) atoms. The number of rotatable bonds is 4. The van der Waals surface area contributed by atoms with Gasteiger partial charge in [-0.2, -0.15) is 0 Å². The van der Waals surface area contributed by atoms with Crippen molar-refractivity contribution in [2.75, 3.05) is 7.11 Å². The average Bonchev–Trinajstić information content (AvgIpc) is 2.59. The smallest absolute Gasteiger partial charge is 0.337 e. The number of nitrogens with one attached hydrogen (secondary N) is 1. The van der Waals surface area contributed by atoms with Crippen LogP contribution in [0.1, 0.15) is 16.2 Å². The Morgan fingerprint density at radius 3 is 2.72 bits per heavy atom. The lowest BCUT2D eigenvalue weighted by Gasteiger charge is -2.09. The first-order chi connectivity index (χ1) is 12.0. The Labute approximate surface area is 159 Å². The normalized spacial score (nSPS) is 10.7. The summed E-state index contributed by atoms with van der Waals surface area (Å²) in [6, 6.07) is 10.1. The van der Waals surface area contributed by atoms with Crippen molar-refractivity contribution < 1.29 is 14.3 Å². The minimum Gasteiger partial charge on any atom is -0.485 e. The number of H-pyrrole nitrogens is 1. The predicted molar refractivity (Wildman–Crippen MR) is 99.9 cm³/mol. The molecule has 2 aromatic carbocycles. The van der Waals surface area contributed by atoms with E-state index in [1.165, 1.54) is 19.2 Å². The van der Waals surface area contributed by atoms with E-state index in [0.717, 1.165) is 8.95 Å². The third-order valence-corrected chi connectivity index (χ3v) is 4.55. The van der Waals surface area contributed by atoms with Crippen LogP contribution in [0.5, 0.6) is 5.75 Å². The van der Waals surface area contributed by atoms with Gasteiger partial charge in [0.2, 0.25) is 0 Å². The second kappa shape index (κ2) is 7.37. The lowest BCUT2D eigenvalue weighted by atomic mass is 10.1. The second-order valence-electron chi connectivity index (χ2n) is 5.10. The highest BCUT2D eigenvalue weighted by Gasteiger charge is 2.10. The number of aromatic nitrogens is 2. The number of fused-ring (bicyclic) bond motifs is 1. The molecule has 0 bridgehead atoms. The van der Waals surface area contributed by atoms with E-state index in [4.69, 9.17) is 4.74 Å². The van der Waals surface area contributed by atoms with Gasteiger partial charge in [-0.15, -0.1) is 0 Å². The van der Waals surface area contributed by atoms with Gasteiger partial charge in [-0.1, -0.05) is 15.9 Å². The Balaban J connectivity index is 1.91. The van der Waals surface area contributed by atoms with Crippen molar-refractivity contribution in [2.45, 2.75) is 6.61 Å². The Hall–Kier alpha value is -2.19. The third-order valence-electron chi connectivity index (χ3n) is 3.44. The van der Waals surface area contributed by atoms with Crippen LogP contribution in [0.15, 0.2) is 50.1 Å². The number of esters is 1. The van der Waals surface area contributed by atoms with Crippen LogP contribution in [0.3, 0.4) is 0 Å². The molecule has 1 aromatic heterocycles. The molecule has 6 nitrogen and oxygen atoms in total. The van der Waals surface area contributed by atoms with E-state index in [1.807, 2.05) is 12.1 Å². The molecule has 0 amide bonds. The molecular formula is C17H12Br2N2O4. The maximum atomic E-state index is 12.2. The monoisotopic (exact) mass is 466 g/mol. The molecule has 0 aliphatic rings. The van der Waals surface area contributed by atoms with Gasteiger partial charge in [0.05, 0.1) is 28.0 Å². The van der Waals surface area contributed by atoms with Crippen LogP contribution < -0.4 is 10.3 Å². The topological polar surface area (TPSA) is 81.3 Å². The van der Waals surface area contributed by atoms with Gasteiger partial charge in [-0.25, -0.2) is 9.78 Å². The van der Waals surface area contributed by atoms with E-state index < -0.39 is 5.97 Å². The zero-order chi connectivity index (χ0) is 18.0. The molecule has 3 aromatic rings. The van der Waals surface area contributed by atoms with Crippen LogP contribution in [0.2, 0.25) is 0 Å². The number of methoxy groups -OCH3 is 1. The van der Waals surface area contributed by atoms with Crippen LogP contribution in [0, 0.1) is 0 Å². The number of nitrogens with zero attached hydrogens (tertiary/aromatic N) is 1. The highest BCUT2D eigenvalue weighted by molar-refractivity contribution is 9.11. The third kappa shape index (κ3) is 3.91. The average molecular weight is 468 g/mol.